The van der Waals surface area contributed by atoms with Gasteiger partial charge in [0.15, 0.2) is 0 Å². The lowest BCUT2D eigenvalue weighted by Gasteiger charge is -2.27. The van der Waals surface area contributed by atoms with E-state index in [2.05, 4.69) is 32.6 Å². The highest BCUT2D eigenvalue weighted by atomic mass is 15.3. The molecule has 0 radical (unpaired) electrons. The van der Waals surface area contributed by atoms with Crippen LogP contribution < -0.4 is 10.2 Å². The fraction of sp³-hybridized carbons (Fsp3) is 0.714. The van der Waals surface area contributed by atoms with E-state index in [1.165, 1.54) is 37.7 Å². The van der Waals surface area contributed by atoms with Gasteiger partial charge in [0.1, 0.15) is 0 Å². The average Bonchev–Trinajstić information content (AvgIpc) is 2.49. The molecule has 1 aliphatic heterocycles. The van der Waals surface area contributed by atoms with Gasteiger partial charge in [0.25, 0.3) is 0 Å². The summed E-state index contributed by atoms with van der Waals surface area (Å²) in [6.45, 7) is 4.10. The van der Waals surface area contributed by atoms with Gasteiger partial charge >= 0.3 is 0 Å². The molecule has 18 heavy (non-hydrogen) atoms. The average molecular weight is 246 g/mol. The second kappa shape index (κ2) is 5.65. The summed E-state index contributed by atoms with van der Waals surface area (Å²) in [4.78, 5) is 11.4. The largest absolute Gasteiger partial charge is 0.338 e. The lowest BCUT2D eigenvalue weighted by molar-refractivity contribution is 0.442. The quantitative estimate of drug-likeness (QED) is 0.866. The van der Waals surface area contributed by atoms with Crippen LogP contribution in [-0.4, -0.2) is 36.1 Å². The molecule has 1 aromatic heterocycles. The maximum Gasteiger partial charge on any atom is 0.225 e. The lowest BCUT2D eigenvalue weighted by Crippen LogP contribution is -2.44. The van der Waals surface area contributed by atoms with Crippen molar-refractivity contribution in [2.24, 2.45) is 0 Å². The van der Waals surface area contributed by atoms with E-state index in [1.54, 1.807) is 0 Å². The van der Waals surface area contributed by atoms with Gasteiger partial charge in [-0.15, -0.1) is 0 Å². The molecule has 4 nitrogen and oxygen atoms in total. The molecule has 1 saturated heterocycles. The molecule has 0 spiro atoms. The van der Waals surface area contributed by atoms with Crippen LogP contribution in [0, 0.1) is 0 Å². The zero-order chi connectivity index (χ0) is 12.2. The summed E-state index contributed by atoms with van der Waals surface area (Å²) in [5.74, 6) is 1.60. The van der Waals surface area contributed by atoms with Crippen LogP contribution in [0.5, 0.6) is 0 Å². The van der Waals surface area contributed by atoms with Crippen LogP contribution in [0.2, 0.25) is 0 Å². The molecule has 4 heteroatoms. The first-order valence-electron chi connectivity index (χ1n) is 7.21. The van der Waals surface area contributed by atoms with E-state index >= 15 is 0 Å². The fourth-order valence-corrected chi connectivity index (χ4v) is 3.01. The zero-order valence-electron chi connectivity index (χ0n) is 10.9. The predicted octanol–water partition coefficient (Wildman–Crippen LogP) is 1.93. The number of hydrogen-bond donors (Lipinski definition) is 1. The Labute approximate surface area is 109 Å². The molecular formula is C14H22N4. The van der Waals surface area contributed by atoms with Crippen molar-refractivity contribution in [3.8, 4) is 0 Å². The highest BCUT2D eigenvalue weighted by Crippen LogP contribution is 2.32. The molecule has 1 aromatic rings. The van der Waals surface area contributed by atoms with Crippen LogP contribution in [0.4, 0.5) is 5.95 Å². The van der Waals surface area contributed by atoms with Crippen LogP contribution in [-0.2, 0) is 0 Å². The number of aromatic nitrogens is 2. The van der Waals surface area contributed by atoms with Gasteiger partial charge in [-0.3, -0.25) is 0 Å². The molecule has 1 aliphatic carbocycles. The monoisotopic (exact) mass is 246 g/mol. The van der Waals surface area contributed by atoms with E-state index in [-0.39, 0.29) is 0 Å². The lowest BCUT2D eigenvalue weighted by atomic mass is 9.85. The number of rotatable bonds is 2. The Bertz CT molecular complexity index is 327. The summed E-state index contributed by atoms with van der Waals surface area (Å²) in [6.07, 6.45) is 10.9. The van der Waals surface area contributed by atoms with E-state index in [1.807, 2.05) is 0 Å². The van der Waals surface area contributed by atoms with Crippen LogP contribution in [0.1, 0.15) is 43.6 Å². The molecule has 3 rings (SSSR count). The molecule has 0 bridgehead atoms. The third-order valence-corrected chi connectivity index (χ3v) is 4.13. The molecule has 0 aromatic carbocycles. The smallest absolute Gasteiger partial charge is 0.225 e. The maximum absolute atomic E-state index is 4.56. The van der Waals surface area contributed by atoms with E-state index in [4.69, 9.17) is 0 Å². The van der Waals surface area contributed by atoms with Crippen LogP contribution in [0.25, 0.3) is 0 Å². The normalized spacial score (nSPS) is 22.1. The number of piperazine rings is 1. The minimum Gasteiger partial charge on any atom is -0.338 e. The minimum absolute atomic E-state index is 0.704. The first kappa shape index (κ1) is 11.9. The SMILES string of the molecule is c1nc(N2CCNCC2)ncc1C1CCCCC1. The summed E-state index contributed by atoms with van der Waals surface area (Å²) in [5.41, 5.74) is 1.34. The van der Waals surface area contributed by atoms with Gasteiger partial charge < -0.3 is 10.2 Å². The topological polar surface area (TPSA) is 41.1 Å². The van der Waals surface area contributed by atoms with Gasteiger partial charge in [0.2, 0.25) is 5.95 Å². The molecule has 2 fully saturated rings. The second-order valence-corrected chi connectivity index (χ2v) is 5.39. The van der Waals surface area contributed by atoms with Crippen molar-refractivity contribution in [3.63, 3.8) is 0 Å². The molecule has 0 unspecified atom stereocenters. The summed E-state index contributed by atoms with van der Waals surface area (Å²) >= 11 is 0. The molecule has 2 heterocycles. The summed E-state index contributed by atoms with van der Waals surface area (Å²) in [7, 11) is 0. The van der Waals surface area contributed by atoms with Crippen molar-refractivity contribution in [1.29, 1.82) is 0 Å². The van der Waals surface area contributed by atoms with Gasteiger partial charge in [-0.1, -0.05) is 19.3 Å². The van der Waals surface area contributed by atoms with E-state index < -0.39 is 0 Å². The zero-order valence-corrected chi connectivity index (χ0v) is 10.9. The van der Waals surface area contributed by atoms with Crippen molar-refractivity contribution in [2.45, 2.75) is 38.0 Å². The summed E-state index contributed by atoms with van der Waals surface area (Å²) in [6, 6.07) is 0. The summed E-state index contributed by atoms with van der Waals surface area (Å²) in [5, 5.41) is 3.35. The highest BCUT2D eigenvalue weighted by Gasteiger charge is 2.17. The van der Waals surface area contributed by atoms with Crippen LogP contribution >= 0.6 is 0 Å². The van der Waals surface area contributed by atoms with Gasteiger partial charge in [-0.2, -0.15) is 0 Å². The standard InChI is InChI=1S/C14H22N4/c1-2-4-12(5-3-1)13-10-16-14(17-11-13)18-8-6-15-7-9-18/h10-12,15H,1-9H2. The van der Waals surface area contributed by atoms with Gasteiger partial charge in [0, 0.05) is 38.6 Å². The molecular weight excluding hydrogens is 224 g/mol. The molecule has 0 atom stereocenters. The Morgan fingerprint density at radius 2 is 1.67 bits per heavy atom. The molecule has 2 aliphatic rings. The van der Waals surface area contributed by atoms with Gasteiger partial charge in [-0.25, -0.2) is 9.97 Å². The number of hydrogen-bond acceptors (Lipinski definition) is 4. The maximum atomic E-state index is 4.56. The molecule has 1 saturated carbocycles. The van der Waals surface area contributed by atoms with Crippen molar-refractivity contribution >= 4 is 5.95 Å². The van der Waals surface area contributed by atoms with E-state index in [9.17, 15) is 0 Å². The van der Waals surface area contributed by atoms with Gasteiger partial charge in [-0.05, 0) is 24.3 Å². The third kappa shape index (κ3) is 2.64. The minimum atomic E-state index is 0.704. The van der Waals surface area contributed by atoms with Crippen molar-refractivity contribution < 1.29 is 0 Å². The molecule has 1 N–H and O–H groups in total. The first-order valence-corrected chi connectivity index (χ1v) is 7.21. The Morgan fingerprint density at radius 1 is 1.00 bits per heavy atom. The fourth-order valence-electron chi connectivity index (χ4n) is 3.01. The first-order chi connectivity index (χ1) is 8.93. The van der Waals surface area contributed by atoms with Crippen molar-refractivity contribution in [3.05, 3.63) is 18.0 Å². The van der Waals surface area contributed by atoms with Gasteiger partial charge in [0.05, 0.1) is 0 Å². The highest BCUT2D eigenvalue weighted by molar-refractivity contribution is 5.31. The Balaban J connectivity index is 1.67. The summed E-state index contributed by atoms with van der Waals surface area (Å²) < 4.78 is 0. The van der Waals surface area contributed by atoms with Crippen LogP contribution in [0.15, 0.2) is 12.4 Å². The Hall–Kier alpha value is -1.16. The van der Waals surface area contributed by atoms with Crippen molar-refractivity contribution in [2.75, 3.05) is 31.1 Å². The molecule has 0 amide bonds. The van der Waals surface area contributed by atoms with Crippen LogP contribution in [0.3, 0.4) is 0 Å². The number of nitrogens with zero attached hydrogens (tertiary/aromatic N) is 3. The molecule has 98 valence electrons. The van der Waals surface area contributed by atoms with E-state index in [0.29, 0.717) is 5.92 Å². The third-order valence-electron chi connectivity index (χ3n) is 4.13. The second-order valence-electron chi connectivity index (χ2n) is 5.39. The Morgan fingerprint density at radius 3 is 2.33 bits per heavy atom. The van der Waals surface area contributed by atoms with E-state index in [0.717, 1.165) is 32.1 Å². The number of anilines is 1. The van der Waals surface area contributed by atoms with Crippen molar-refractivity contribution in [1.82, 2.24) is 15.3 Å². The Kier molecular flexibility index (Phi) is 3.74. The predicted molar refractivity (Wildman–Crippen MR) is 72.9 cm³/mol. The number of nitrogens with one attached hydrogen (secondary N) is 1.